The minimum Gasteiger partial charge on any atom is -0.493 e. The molecule has 192 valence electrons. The summed E-state index contributed by atoms with van der Waals surface area (Å²) in [6.45, 7) is 3.84. The number of para-hydroxylation sites is 1. The summed E-state index contributed by atoms with van der Waals surface area (Å²) in [5.41, 5.74) is 3.21. The van der Waals surface area contributed by atoms with Crippen LogP contribution in [0.25, 0.3) is 10.9 Å². The number of benzene rings is 2. The zero-order chi connectivity index (χ0) is 25.5. The summed E-state index contributed by atoms with van der Waals surface area (Å²) in [5.74, 6) is 1.47. The molecule has 36 heavy (non-hydrogen) atoms. The third kappa shape index (κ3) is 6.20. The summed E-state index contributed by atoms with van der Waals surface area (Å²) < 4.78 is 10.8. The van der Waals surface area contributed by atoms with Crippen LogP contribution in [0.4, 0.5) is 0 Å². The normalized spacial score (nSPS) is 13.0. The summed E-state index contributed by atoms with van der Waals surface area (Å²) in [6.07, 6.45) is 6.49. The number of methoxy groups -OCH3 is 2. The fourth-order valence-corrected chi connectivity index (χ4v) is 4.55. The smallest absolute Gasteiger partial charge is 0.242 e. The van der Waals surface area contributed by atoms with E-state index in [-0.39, 0.29) is 24.3 Å². The monoisotopic (exact) mass is 491 g/mol. The quantitative estimate of drug-likeness (QED) is 0.373. The third-order valence-corrected chi connectivity index (χ3v) is 6.85. The van der Waals surface area contributed by atoms with Gasteiger partial charge in [0.05, 0.1) is 20.8 Å². The zero-order valence-electron chi connectivity index (χ0n) is 21.6. The van der Waals surface area contributed by atoms with Gasteiger partial charge in [-0.1, -0.05) is 37.6 Å². The molecule has 0 atom stereocenters. The molecule has 0 unspecified atom stereocenters. The highest BCUT2D eigenvalue weighted by Gasteiger charge is 2.34. The summed E-state index contributed by atoms with van der Waals surface area (Å²) in [6, 6.07) is 13.9. The lowest BCUT2D eigenvalue weighted by molar-refractivity contribution is -0.141. The van der Waals surface area contributed by atoms with E-state index in [0.29, 0.717) is 37.6 Å². The number of nitrogens with one attached hydrogen (secondary N) is 1. The maximum absolute atomic E-state index is 13.6. The van der Waals surface area contributed by atoms with Gasteiger partial charge in [0.1, 0.15) is 0 Å². The van der Waals surface area contributed by atoms with Crippen LogP contribution in [0.2, 0.25) is 0 Å². The second kappa shape index (κ2) is 12.0. The van der Waals surface area contributed by atoms with Crippen LogP contribution in [-0.2, 0) is 22.6 Å². The number of carbonyl (C=O) groups is 2. The molecule has 4 rings (SSSR count). The van der Waals surface area contributed by atoms with Gasteiger partial charge < -0.3 is 24.3 Å². The largest absolute Gasteiger partial charge is 0.493 e. The molecule has 7 heteroatoms. The van der Waals surface area contributed by atoms with Gasteiger partial charge in [-0.2, -0.15) is 0 Å². The summed E-state index contributed by atoms with van der Waals surface area (Å²) in [4.78, 5) is 33.5. The van der Waals surface area contributed by atoms with Crippen LogP contribution in [0.15, 0.2) is 48.7 Å². The topological polar surface area (TPSA) is 74.9 Å². The molecule has 1 aliphatic rings. The average molecular weight is 492 g/mol. The summed E-state index contributed by atoms with van der Waals surface area (Å²) in [7, 11) is 3.22. The van der Waals surface area contributed by atoms with Crippen molar-refractivity contribution >= 4 is 22.7 Å². The van der Waals surface area contributed by atoms with Crippen molar-refractivity contribution in [2.75, 3.05) is 33.9 Å². The van der Waals surface area contributed by atoms with Crippen molar-refractivity contribution in [3.63, 3.8) is 0 Å². The Bertz CT molecular complexity index is 1180. The highest BCUT2D eigenvalue weighted by molar-refractivity contribution is 5.87. The number of ether oxygens (including phenoxy) is 2. The number of fused-ring (bicyclic) bond motifs is 1. The molecule has 2 amide bonds. The Balaban J connectivity index is 1.53. The molecular weight excluding hydrogens is 454 g/mol. The van der Waals surface area contributed by atoms with Crippen LogP contribution >= 0.6 is 0 Å². The molecule has 3 aromatic rings. The average Bonchev–Trinajstić information content (AvgIpc) is 3.68. The molecular formula is C29H37N3O4. The Labute approximate surface area is 213 Å². The first-order valence-corrected chi connectivity index (χ1v) is 12.9. The van der Waals surface area contributed by atoms with E-state index < -0.39 is 0 Å². The summed E-state index contributed by atoms with van der Waals surface area (Å²) >= 11 is 0. The van der Waals surface area contributed by atoms with Gasteiger partial charge in [-0.15, -0.1) is 0 Å². The Hall–Kier alpha value is -3.48. The van der Waals surface area contributed by atoms with Gasteiger partial charge in [-0.3, -0.25) is 9.59 Å². The zero-order valence-corrected chi connectivity index (χ0v) is 21.6. The van der Waals surface area contributed by atoms with E-state index in [2.05, 4.69) is 24.0 Å². The molecule has 0 spiro atoms. The van der Waals surface area contributed by atoms with E-state index >= 15 is 0 Å². The number of hydrogen-bond donors (Lipinski definition) is 1. The summed E-state index contributed by atoms with van der Waals surface area (Å²) in [5, 5.41) is 1.17. The molecule has 0 saturated heterocycles. The number of H-pyrrole nitrogens is 1. The lowest BCUT2D eigenvalue weighted by atomic mass is 10.1. The first-order chi connectivity index (χ1) is 17.5. The van der Waals surface area contributed by atoms with Crippen molar-refractivity contribution in [2.24, 2.45) is 5.92 Å². The number of rotatable bonds is 13. The fraction of sp³-hybridized carbons (Fsp3) is 0.448. The molecule has 0 bridgehead atoms. The fourth-order valence-electron chi connectivity index (χ4n) is 4.55. The molecule has 1 aliphatic carbocycles. The number of hydrogen-bond acceptors (Lipinski definition) is 4. The van der Waals surface area contributed by atoms with Crippen molar-refractivity contribution in [1.29, 1.82) is 0 Å². The van der Waals surface area contributed by atoms with E-state index in [1.165, 1.54) is 10.9 Å². The molecule has 0 radical (unpaired) electrons. The van der Waals surface area contributed by atoms with E-state index in [1.807, 2.05) is 41.4 Å². The molecule has 1 aromatic heterocycles. The van der Waals surface area contributed by atoms with Crippen LogP contribution in [-0.4, -0.2) is 60.5 Å². The van der Waals surface area contributed by atoms with E-state index in [4.69, 9.17) is 9.47 Å². The number of nitrogens with zero attached hydrogens (tertiary/aromatic N) is 2. The van der Waals surface area contributed by atoms with Gasteiger partial charge in [0.2, 0.25) is 11.8 Å². The number of unbranched alkanes of at least 4 members (excludes halogenated alkanes) is 1. The van der Waals surface area contributed by atoms with Crippen LogP contribution in [0.3, 0.4) is 0 Å². The number of carbonyl (C=O) groups excluding carboxylic acids is 2. The van der Waals surface area contributed by atoms with Gasteiger partial charge in [-0.25, -0.2) is 0 Å². The highest BCUT2D eigenvalue weighted by atomic mass is 16.5. The first-order valence-electron chi connectivity index (χ1n) is 12.9. The molecule has 1 N–H and O–H groups in total. The molecule has 0 aliphatic heterocycles. The first kappa shape index (κ1) is 25.6. The Morgan fingerprint density at radius 3 is 2.50 bits per heavy atom. The van der Waals surface area contributed by atoms with Gasteiger partial charge >= 0.3 is 0 Å². The second-order valence-corrected chi connectivity index (χ2v) is 9.50. The number of aromatic nitrogens is 1. The van der Waals surface area contributed by atoms with Gasteiger partial charge in [0, 0.05) is 42.7 Å². The highest BCUT2D eigenvalue weighted by Crippen LogP contribution is 2.31. The maximum atomic E-state index is 13.6. The van der Waals surface area contributed by atoms with E-state index in [1.54, 1.807) is 19.1 Å². The minimum atomic E-state index is -0.0327. The van der Waals surface area contributed by atoms with Crippen molar-refractivity contribution in [3.8, 4) is 11.5 Å². The molecule has 7 nitrogen and oxygen atoms in total. The predicted molar refractivity (Wildman–Crippen MR) is 141 cm³/mol. The SMILES string of the molecule is CCCCN(CC(=O)N(CCc1c[nH]c2ccccc12)Cc1ccc(OC)c(OC)c1)C(=O)C1CC1. The van der Waals surface area contributed by atoms with Crippen LogP contribution in [0.1, 0.15) is 43.7 Å². The standard InChI is InChI=1S/C29H37N3O4/c1-4-5-15-32(29(34)22-11-12-22)20-28(33)31(19-21-10-13-26(35-2)27(17-21)36-3)16-14-23-18-30-25-9-7-6-8-24(23)25/h6-10,13,17-18,22,30H,4-5,11-12,14-16,19-20H2,1-3H3. The van der Waals surface area contributed by atoms with Crippen molar-refractivity contribution < 1.29 is 19.1 Å². The van der Waals surface area contributed by atoms with Crippen LogP contribution < -0.4 is 9.47 Å². The number of amides is 2. The number of aromatic amines is 1. The van der Waals surface area contributed by atoms with Gasteiger partial charge in [-0.05, 0) is 55.0 Å². The Kier molecular flexibility index (Phi) is 8.52. The maximum Gasteiger partial charge on any atom is 0.242 e. The molecule has 1 heterocycles. The lowest BCUT2D eigenvalue weighted by Gasteiger charge is -2.28. The Morgan fingerprint density at radius 1 is 1.00 bits per heavy atom. The lowest BCUT2D eigenvalue weighted by Crippen LogP contribution is -2.44. The molecule has 1 fully saturated rings. The van der Waals surface area contributed by atoms with Gasteiger partial charge in [0.25, 0.3) is 0 Å². The van der Waals surface area contributed by atoms with Crippen molar-refractivity contribution in [1.82, 2.24) is 14.8 Å². The van der Waals surface area contributed by atoms with E-state index in [9.17, 15) is 9.59 Å². The third-order valence-electron chi connectivity index (χ3n) is 6.85. The second-order valence-electron chi connectivity index (χ2n) is 9.50. The van der Waals surface area contributed by atoms with Gasteiger partial charge in [0.15, 0.2) is 11.5 Å². The van der Waals surface area contributed by atoms with Crippen molar-refractivity contribution in [3.05, 3.63) is 59.8 Å². The Morgan fingerprint density at radius 2 is 1.78 bits per heavy atom. The van der Waals surface area contributed by atoms with E-state index in [0.717, 1.165) is 36.8 Å². The predicted octanol–water partition coefficient (Wildman–Crippen LogP) is 4.80. The van der Waals surface area contributed by atoms with Crippen molar-refractivity contribution in [2.45, 2.75) is 45.6 Å². The van der Waals surface area contributed by atoms with Crippen LogP contribution in [0, 0.1) is 5.92 Å². The van der Waals surface area contributed by atoms with Crippen LogP contribution in [0.5, 0.6) is 11.5 Å². The molecule has 2 aromatic carbocycles. The minimum absolute atomic E-state index is 0.0327. The molecule has 1 saturated carbocycles.